The molecule has 1 aliphatic rings. The summed E-state index contributed by atoms with van der Waals surface area (Å²) in [6.07, 6.45) is 1.82. The predicted octanol–water partition coefficient (Wildman–Crippen LogP) is 0.358. The fraction of sp³-hybridized carbons (Fsp3) is 0.0952. The molecule has 0 aliphatic carbocycles. The van der Waals surface area contributed by atoms with Crippen LogP contribution in [0.4, 0.5) is 11.4 Å². The molecule has 1 N–H and O–H groups in total. The second kappa shape index (κ2) is 8.70. The summed E-state index contributed by atoms with van der Waals surface area (Å²) in [4.78, 5) is 27.6. The molecule has 5 nitrogen and oxygen atoms in total. The van der Waals surface area contributed by atoms with Gasteiger partial charge in [-0.2, -0.15) is 4.57 Å². The Morgan fingerprint density at radius 2 is 1.68 bits per heavy atom. The Labute approximate surface area is 185 Å². The van der Waals surface area contributed by atoms with Crippen molar-refractivity contribution in [3.63, 3.8) is 0 Å². The predicted molar refractivity (Wildman–Crippen MR) is 103 cm³/mol. The summed E-state index contributed by atoms with van der Waals surface area (Å²) in [5, 5.41) is 3.49. The highest BCUT2D eigenvalue weighted by molar-refractivity contribution is 6.30. The van der Waals surface area contributed by atoms with Gasteiger partial charge in [0.15, 0.2) is 6.20 Å². The van der Waals surface area contributed by atoms with Crippen LogP contribution >= 0.6 is 11.6 Å². The first-order chi connectivity index (χ1) is 13.1. The fourth-order valence-corrected chi connectivity index (χ4v) is 3.38. The van der Waals surface area contributed by atoms with Gasteiger partial charge in [0.2, 0.25) is 18.3 Å². The molecule has 0 bridgehead atoms. The number of carbonyl (C=O) groups excluding carboxylic acids is 2. The number of aromatic nitrogens is 1. The number of pyridine rings is 1. The maximum absolute atomic E-state index is 13.2. The summed E-state index contributed by atoms with van der Waals surface area (Å²) in [7, 11) is 0. The van der Waals surface area contributed by atoms with E-state index in [-0.39, 0.29) is 42.3 Å². The Kier molecular flexibility index (Phi) is 6.31. The molecule has 0 saturated heterocycles. The topological polar surface area (TPSA) is 53.3 Å². The van der Waals surface area contributed by atoms with Crippen molar-refractivity contribution in [1.29, 1.82) is 0 Å². The van der Waals surface area contributed by atoms with E-state index in [2.05, 4.69) is 5.32 Å². The Balaban J connectivity index is 0.00000225. The lowest BCUT2D eigenvalue weighted by Gasteiger charge is -2.32. The van der Waals surface area contributed by atoms with Gasteiger partial charge in [0.05, 0.1) is 0 Å². The number of rotatable bonds is 3. The number of benzene rings is 2. The van der Waals surface area contributed by atoms with Crippen molar-refractivity contribution in [1.82, 2.24) is 0 Å². The highest BCUT2D eigenvalue weighted by Gasteiger charge is 2.43. The molecule has 3 aromatic rings. The minimum atomic E-state index is -0.773. The Morgan fingerprint density at radius 1 is 1.00 bits per heavy atom. The van der Waals surface area contributed by atoms with Crippen LogP contribution in [-0.2, 0) is 16.1 Å². The van der Waals surface area contributed by atoms with Gasteiger partial charge in [-0.3, -0.25) is 14.5 Å². The molecule has 28 heavy (non-hydrogen) atoms. The van der Waals surface area contributed by atoms with Crippen LogP contribution in [0.25, 0.3) is 0 Å². The van der Waals surface area contributed by atoms with Crippen LogP contribution in [0.2, 0.25) is 5.02 Å². The van der Waals surface area contributed by atoms with E-state index in [1.165, 1.54) is 0 Å². The number of para-hydroxylation sites is 1. The van der Waals surface area contributed by atoms with Gasteiger partial charge in [0.25, 0.3) is 11.8 Å². The molecule has 0 saturated carbocycles. The minimum absolute atomic E-state index is 0. The average Bonchev–Trinajstić information content (AvgIpc) is 2.69. The molecule has 2 amide bonds. The molecule has 1 unspecified atom stereocenters. The number of halogens is 2. The van der Waals surface area contributed by atoms with E-state index < -0.39 is 6.04 Å². The van der Waals surface area contributed by atoms with E-state index in [1.54, 1.807) is 29.2 Å². The fourth-order valence-electron chi connectivity index (χ4n) is 3.26. The summed E-state index contributed by atoms with van der Waals surface area (Å²) in [5.74, 6) is -0.421. The molecule has 0 fully saturated rings. The molecule has 4 rings (SSSR count). The van der Waals surface area contributed by atoms with Crippen LogP contribution in [-0.4, -0.2) is 11.8 Å². The van der Waals surface area contributed by atoms with Gasteiger partial charge in [0.1, 0.15) is 0 Å². The maximum Gasteiger partial charge on any atom is 0.294 e. The van der Waals surface area contributed by atoms with E-state index >= 15 is 0 Å². The van der Waals surface area contributed by atoms with E-state index in [1.807, 2.05) is 59.3 Å². The highest BCUT2D eigenvalue weighted by Crippen LogP contribution is 2.29. The lowest BCUT2D eigenvalue weighted by atomic mass is 10.0. The Bertz CT molecular complexity index is 996. The van der Waals surface area contributed by atoms with Gasteiger partial charge in [-0.05, 0) is 36.4 Å². The number of hydrogen-bond acceptors (Lipinski definition) is 2. The summed E-state index contributed by atoms with van der Waals surface area (Å²) >= 11 is 5.92. The van der Waals surface area contributed by atoms with E-state index in [0.717, 1.165) is 5.69 Å². The van der Waals surface area contributed by atoms with Crippen molar-refractivity contribution >= 4 is 34.8 Å². The molecule has 1 aliphatic heterocycles. The smallest absolute Gasteiger partial charge is 0.294 e. The third-order valence-electron chi connectivity index (χ3n) is 4.48. The molecule has 142 valence electrons. The number of fused-ring (bicyclic) bond motifs is 1. The van der Waals surface area contributed by atoms with Crippen molar-refractivity contribution in [2.45, 2.75) is 12.6 Å². The first-order valence-electron chi connectivity index (χ1n) is 8.55. The second-order valence-corrected chi connectivity index (χ2v) is 6.69. The SMILES string of the molecule is O=C(Nc1ccc(Cl)cc1)C1c2cccc[n+]2CC(=O)N1c1ccccc1.[I-]. The lowest BCUT2D eigenvalue weighted by molar-refractivity contribution is -0.695. The van der Waals surface area contributed by atoms with Crippen molar-refractivity contribution in [2.24, 2.45) is 0 Å². The molecule has 2 heterocycles. The quantitative estimate of drug-likeness (QED) is 0.413. The zero-order valence-electron chi connectivity index (χ0n) is 14.8. The Morgan fingerprint density at radius 3 is 2.39 bits per heavy atom. The summed E-state index contributed by atoms with van der Waals surface area (Å²) < 4.78 is 1.81. The number of nitrogens with one attached hydrogen (secondary N) is 1. The highest BCUT2D eigenvalue weighted by atomic mass is 127. The zero-order chi connectivity index (χ0) is 18.8. The average molecular weight is 506 g/mol. The molecule has 2 aromatic carbocycles. The van der Waals surface area contributed by atoms with E-state index in [0.29, 0.717) is 16.4 Å². The first kappa shape index (κ1) is 20.3. The summed E-state index contributed by atoms with van der Waals surface area (Å²) in [6.45, 7) is 0.190. The van der Waals surface area contributed by atoms with Gasteiger partial charge in [-0.15, -0.1) is 0 Å². The van der Waals surface area contributed by atoms with E-state index in [9.17, 15) is 9.59 Å². The van der Waals surface area contributed by atoms with Crippen LogP contribution < -0.4 is 38.8 Å². The third kappa shape index (κ3) is 4.02. The summed E-state index contributed by atoms with van der Waals surface area (Å²) in [6, 6.07) is 20.9. The maximum atomic E-state index is 13.2. The van der Waals surface area contributed by atoms with Crippen LogP contribution in [0.3, 0.4) is 0 Å². The minimum Gasteiger partial charge on any atom is -1.00 e. The van der Waals surface area contributed by atoms with Gasteiger partial charge in [-0.1, -0.05) is 35.9 Å². The Hall–Kier alpha value is -2.45. The number of amides is 2. The molecular weight excluding hydrogens is 489 g/mol. The number of nitrogens with zero attached hydrogens (tertiary/aromatic N) is 2. The van der Waals surface area contributed by atoms with Gasteiger partial charge < -0.3 is 29.3 Å². The molecule has 1 aromatic heterocycles. The zero-order valence-corrected chi connectivity index (χ0v) is 17.7. The number of carbonyl (C=O) groups is 2. The molecule has 0 radical (unpaired) electrons. The normalized spacial score (nSPS) is 15.4. The van der Waals surface area contributed by atoms with Crippen LogP contribution in [0, 0.1) is 0 Å². The molecule has 7 heteroatoms. The van der Waals surface area contributed by atoms with Crippen LogP contribution in [0.1, 0.15) is 11.7 Å². The van der Waals surface area contributed by atoms with Crippen molar-refractivity contribution in [2.75, 3.05) is 10.2 Å². The third-order valence-corrected chi connectivity index (χ3v) is 4.73. The first-order valence-corrected chi connectivity index (χ1v) is 8.93. The molecule has 1 atom stereocenters. The molecule has 0 spiro atoms. The van der Waals surface area contributed by atoms with Crippen molar-refractivity contribution < 1.29 is 38.1 Å². The monoisotopic (exact) mass is 505 g/mol. The van der Waals surface area contributed by atoms with Crippen molar-refractivity contribution in [3.05, 3.63) is 89.7 Å². The number of hydrogen-bond donors (Lipinski definition) is 1. The lowest BCUT2D eigenvalue weighted by Crippen LogP contribution is -3.00. The van der Waals surface area contributed by atoms with Gasteiger partial charge in [0, 0.05) is 28.5 Å². The van der Waals surface area contributed by atoms with Gasteiger partial charge in [-0.25, -0.2) is 0 Å². The summed E-state index contributed by atoms with van der Waals surface area (Å²) in [5.41, 5.74) is 2.07. The van der Waals surface area contributed by atoms with Crippen LogP contribution in [0.15, 0.2) is 79.0 Å². The van der Waals surface area contributed by atoms with E-state index in [4.69, 9.17) is 11.6 Å². The molecular formula is C21H17ClIN3O2. The largest absolute Gasteiger partial charge is 1.00 e. The second-order valence-electron chi connectivity index (χ2n) is 6.25. The van der Waals surface area contributed by atoms with Gasteiger partial charge >= 0.3 is 0 Å². The van der Waals surface area contributed by atoms with Crippen LogP contribution in [0.5, 0.6) is 0 Å². The number of anilines is 2. The standard InChI is InChI=1S/C21H16ClN3O2.HI/c22-15-9-11-16(12-10-15)23-21(27)20-18-8-4-5-13-24(18)14-19(26)25(20)17-6-2-1-3-7-17;/h1-13,20H,14H2;1H. The van der Waals surface area contributed by atoms with Crippen molar-refractivity contribution in [3.8, 4) is 0 Å².